The molecule has 31 heavy (non-hydrogen) atoms. The van der Waals surface area contributed by atoms with E-state index < -0.39 is 0 Å². The van der Waals surface area contributed by atoms with Crippen LogP contribution in [0.5, 0.6) is 11.5 Å². The van der Waals surface area contributed by atoms with Gasteiger partial charge in [-0.15, -0.1) is 0 Å². The van der Waals surface area contributed by atoms with Crippen LogP contribution >= 0.6 is 0 Å². The molecule has 0 radical (unpaired) electrons. The highest BCUT2D eigenvalue weighted by molar-refractivity contribution is 5.65. The SMILES string of the molecule is CCc1cccc(-n2nnn(C)c2=O)c1COc1cccc(-c2ccc(OC)cc2)c1. The Kier molecular flexibility index (Phi) is 5.84. The highest BCUT2D eigenvalue weighted by Crippen LogP contribution is 2.27. The molecule has 158 valence electrons. The molecule has 0 amide bonds. The lowest BCUT2D eigenvalue weighted by atomic mass is 10.0. The Labute approximate surface area is 180 Å². The molecule has 0 atom stereocenters. The van der Waals surface area contributed by atoms with E-state index in [1.54, 1.807) is 14.2 Å². The van der Waals surface area contributed by atoms with Crippen LogP contribution in [0.1, 0.15) is 18.1 Å². The van der Waals surface area contributed by atoms with Crippen LogP contribution in [0.25, 0.3) is 16.8 Å². The molecule has 0 fully saturated rings. The minimum absolute atomic E-state index is 0.295. The fourth-order valence-electron chi connectivity index (χ4n) is 3.49. The Balaban J connectivity index is 1.62. The van der Waals surface area contributed by atoms with Crippen LogP contribution < -0.4 is 15.2 Å². The van der Waals surface area contributed by atoms with Crippen molar-refractivity contribution < 1.29 is 9.47 Å². The first-order valence-electron chi connectivity index (χ1n) is 10.1. The van der Waals surface area contributed by atoms with Crippen molar-refractivity contribution in [1.82, 2.24) is 19.8 Å². The van der Waals surface area contributed by atoms with Crippen LogP contribution in [-0.4, -0.2) is 26.9 Å². The van der Waals surface area contributed by atoms with Crippen molar-refractivity contribution in [1.29, 1.82) is 0 Å². The van der Waals surface area contributed by atoms with Crippen molar-refractivity contribution in [2.75, 3.05) is 7.11 Å². The molecule has 0 aliphatic rings. The summed E-state index contributed by atoms with van der Waals surface area (Å²) in [5.41, 5.74) is 4.53. The molecule has 0 unspecified atom stereocenters. The second kappa shape index (κ2) is 8.87. The van der Waals surface area contributed by atoms with Crippen molar-refractivity contribution in [2.24, 2.45) is 7.05 Å². The zero-order valence-electron chi connectivity index (χ0n) is 17.8. The molecule has 0 aliphatic heterocycles. The van der Waals surface area contributed by atoms with Crippen molar-refractivity contribution in [3.63, 3.8) is 0 Å². The van der Waals surface area contributed by atoms with E-state index >= 15 is 0 Å². The molecule has 1 aromatic heterocycles. The Morgan fingerprint density at radius 1 is 0.903 bits per heavy atom. The topological polar surface area (TPSA) is 71.2 Å². The van der Waals surface area contributed by atoms with Crippen LogP contribution in [0.15, 0.2) is 71.5 Å². The maximum Gasteiger partial charge on any atom is 0.368 e. The molecule has 3 aromatic carbocycles. The van der Waals surface area contributed by atoms with Gasteiger partial charge in [-0.05, 0) is 63.9 Å². The summed E-state index contributed by atoms with van der Waals surface area (Å²) in [4.78, 5) is 12.4. The molecule has 0 saturated carbocycles. The second-order valence-corrected chi connectivity index (χ2v) is 7.11. The first-order chi connectivity index (χ1) is 15.1. The smallest absolute Gasteiger partial charge is 0.368 e. The fourth-order valence-corrected chi connectivity index (χ4v) is 3.49. The Morgan fingerprint density at radius 2 is 1.68 bits per heavy atom. The van der Waals surface area contributed by atoms with E-state index in [0.717, 1.165) is 40.2 Å². The minimum atomic E-state index is -0.295. The molecular formula is C24H24N4O3. The quantitative estimate of drug-likeness (QED) is 0.458. The Bertz CT molecular complexity index is 1240. The number of aryl methyl sites for hydroxylation is 2. The van der Waals surface area contributed by atoms with Gasteiger partial charge >= 0.3 is 5.69 Å². The van der Waals surface area contributed by atoms with E-state index in [0.29, 0.717) is 12.3 Å². The zero-order chi connectivity index (χ0) is 21.8. The summed E-state index contributed by atoms with van der Waals surface area (Å²) >= 11 is 0. The predicted molar refractivity (Wildman–Crippen MR) is 119 cm³/mol. The summed E-state index contributed by atoms with van der Waals surface area (Å²) in [6.45, 7) is 2.39. The van der Waals surface area contributed by atoms with E-state index in [2.05, 4.69) is 17.4 Å². The zero-order valence-corrected chi connectivity index (χ0v) is 17.8. The lowest BCUT2D eigenvalue weighted by Crippen LogP contribution is -2.23. The molecule has 0 N–H and O–H groups in total. The van der Waals surface area contributed by atoms with Gasteiger partial charge in [0.25, 0.3) is 0 Å². The highest BCUT2D eigenvalue weighted by Gasteiger charge is 2.14. The van der Waals surface area contributed by atoms with E-state index in [9.17, 15) is 4.79 Å². The number of aromatic nitrogens is 4. The van der Waals surface area contributed by atoms with Crippen molar-refractivity contribution in [2.45, 2.75) is 20.0 Å². The molecule has 1 heterocycles. The minimum Gasteiger partial charge on any atom is -0.497 e. The first kappa shape index (κ1) is 20.4. The van der Waals surface area contributed by atoms with Crippen molar-refractivity contribution >= 4 is 0 Å². The second-order valence-electron chi connectivity index (χ2n) is 7.11. The monoisotopic (exact) mass is 416 g/mol. The van der Waals surface area contributed by atoms with Crippen LogP contribution in [0.3, 0.4) is 0 Å². The molecular weight excluding hydrogens is 392 g/mol. The highest BCUT2D eigenvalue weighted by atomic mass is 16.5. The number of hydrogen-bond acceptors (Lipinski definition) is 5. The van der Waals surface area contributed by atoms with Gasteiger partial charge in [0, 0.05) is 12.6 Å². The number of methoxy groups -OCH3 is 1. The summed E-state index contributed by atoms with van der Waals surface area (Å²) in [6.07, 6.45) is 0.813. The van der Waals surface area contributed by atoms with Gasteiger partial charge in [0.1, 0.15) is 18.1 Å². The molecule has 0 bridgehead atoms. The number of ether oxygens (including phenoxy) is 2. The molecule has 0 aliphatic carbocycles. The number of nitrogens with zero attached hydrogens (tertiary/aromatic N) is 4. The summed E-state index contributed by atoms with van der Waals surface area (Å²) in [7, 11) is 3.23. The van der Waals surface area contributed by atoms with E-state index in [4.69, 9.17) is 9.47 Å². The number of rotatable bonds is 7. The van der Waals surface area contributed by atoms with Crippen molar-refractivity contribution in [3.8, 4) is 28.3 Å². The third kappa shape index (κ3) is 4.21. The molecule has 0 spiro atoms. The summed E-state index contributed by atoms with van der Waals surface area (Å²) < 4.78 is 13.9. The molecule has 0 saturated heterocycles. The summed E-state index contributed by atoms with van der Waals surface area (Å²) in [5.74, 6) is 1.57. The van der Waals surface area contributed by atoms with Gasteiger partial charge in [-0.2, -0.15) is 9.36 Å². The Hall–Kier alpha value is -3.87. The van der Waals surface area contributed by atoms with Crippen LogP contribution in [0, 0.1) is 0 Å². The van der Waals surface area contributed by atoms with Gasteiger partial charge in [0.05, 0.1) is 12.8 Å². The number of tetrazole rings is 1. The summed E-state index contributed by atoms with van der Waals surface area (Å²) in [6, 6.07) is 21.7. The van der Waals surface area contributed by atoms with Gasteiger partial charge in [0.2, 0.25) is 0 Å². The van der Waals surface area contributed by atoms with Gasteiger partial charge < -0.3 is 9.47 Å². The van der Waals surface area contributed by atoms with E-state index in [1.165, 1.54) is 9.36 Å². The lowest BCUT2D eigenvalue weighted by Gasteiger charge is -2.15. The molecule has 7 heteroatoms. The van der Waals surface area contributed by atoms with Gasteiger partial charge in [-0.25, -0.2) is 4.79 Å². The number of benzene rings is 3. The van der Waals surface area contributed by atoms with Crippen molar-refractivity contribution in [3.05, 3.63) is 88.3 Å². The largest absolute Gasteiger partial charge is 0.497 e. The normalized spacial score (nSPS) is 10.8. The van der Waals surface area contributed by atoms with Gasteiger partial charge in [-0.3, -0.25) is 0 Å². The summed E-state index contributed by atoms with van der Waals surface area (Å²) in [5, 5.41) is 7.83. The maximum atomic E-state index is 12.4. The van der Waals surface area contributed by atoms with E-state index in [1.807, 2.05) is 66.7 Å². The van der Waals surface area contributed by atoms with Crippen LogP contribution in [0.4, 0.5) is 0 Å². The average molecular weight is 416 g/mol. The Morgan fingerprint density at radius 3 is 2.35 bits per heavy atom. The molecule has 4 rings (SSSR count). The standard InChI is InChI=1S/C24H24N4O3/c1-4-17-7-6-10-23(28-24(29)27(2)25-26-28)22(17)16-31-21-9-5-8-19(15-21)18-11-13-20(30-3)14-12-18/h5-15H,4,16H2,1-3H3. The number of hydrogen-bond donors (Lipinski definition) is 0. The van der Waals surface area contributed by atoms with Gasteiger partial charge in [0.15, 0.2) is 0 Å². The fraction of sp³-hybridized carbons (Fsp3) is 0.208. The third-order valence-electron chi connectivity index (χ3n) is 5.22. The lowest BCUT2D eigenvalue weighted by molar-refractivity contribution is 0.304. The average Bonchev–Trinajstić information content (AvgIpc) is 3.15. The molecule has 4 aromatic rings. The van der Waals surface area contributed by atoms with E-state index in [-0.39, 0.29) is 5.69 Å². The third-order valence-corrected chi connectivity index (χ3v) is 5.22. The van der Waals surface area contributed by atoms with Crippen LogP contribution in [-0.2, 0) is 20.1 Å². The van der Waals surface area contributed by atoms with Crippen LogP contribution in [0.2, 0.25) is 0 Å². The molecule has 7 nitrogen and oxygen atoms in total. The maximum absolute atomic E-state index is 12.4. The predicted octanol–water partition coefficient (Wildman–Crippen LogP) is 3.78. The van der Waals surface area contributed by atoms with Gasteiger partial charge in [-0.1, -0.05) is 43.3 Å². The first-order valence-corrected chi connectivity index (χ1v) is 10.1.